The first kappa shape index (κ1) is 14.5. The number of nitrogens with zero attached hydrogens (tertiary/aromatic N) is 2. The molecule has 1 fully saturated rings. The second-order valence-corrected chi connectivity index (χ2v) is 5.46. The van der Waals surface area contributed by atoms with E-state index in [-0.39, 0.29) is 0 Å². The van der Waals surface area contributed by atoms with Crippen molar-refractivity contribution in [2.75, 3.05) is 19.6 Å². The molecule has 1 aliphatic rings. The summed E-state index contributed by atoms with van der Waals surface area (Å²) in [5.74, 6) is 0. The van der Waals surface area contributed by atoms with Gasteiger partial charge in [-0.1, -0.05) is 19.9 Å². The number of hydrogen-bond donors (Lipinski definition) is 1. The van der Waals surface area contributed by atoms with E-state index in [2.05, 4.69) is 35.1 Å². The van der Waals surface area contributed by atoms with Crippen molar-refractivity contribution in [3.05, 3.63) is 29.6 Å². The Bertz CT molecular complexity index is 370. The van der Waals surface area contributed by atoms with E-state index in [4.69, 9.17) is 0 Å². The van der Waals surface area contributed by atoms with Crippen molar-refractivity contribution >= 4 is 0 Å². The Kier molecular flexibility index (Phi) is 5.80. The molecule has 0 amide bonds. The quantitative estimate of drug-likeness (QED) is 0.853. The van der Waals surface area contributed by atoms with Crippen LogP contribution in [0.15, 0.2) is 18.3 Å². The molecule has 0 unspecified atom stereocenters. The summed E-state index contributed by atoms with van der Waals surface area (Å²) in [5, 5.41) is 3.69. The minimum absolute atomic E-state index is 0.666. The Morgan fingerprint density at radius 3 is 2.79 bits per heavy atom. The second kappa shape index (κ2) is 7.61. The van der Waals surface area contributed by atoms with Crippen LogP contribution in [0, 0.1) is 0 Å². The molecule has 2 rings (SSSR count). The highest BCUT2D eigenvalue weighted by Gasteiger charge is 2.18. The van der Waals surface area contributed by atoms with Crippen molar-refractivity contribution in [2.45, 2.75) is 52.1 Å². The third-order valence-corrected chi connectivity index (χ3v) is 4.05. The van der Waals surface area contributed by atoms with E-state index in [0.717, 1.165) is 13.0 Å². The van der Waals surface area contributed by atoms with E-state index in [0.29, 0.717) is 6.04 Å². The van der Waals surface area contributed by atoms with Gasteiger partial charge in [-0.3, -0.25) is 4.98 Å². The number of pyridine rings is 1. The van der Waals surface area contributed by atoms with Gasteiger partial charge in [0, 0.05) is 18.8 Å². The van der Waals surface area contributed by atoms with Crippen molar-refractivity contribution in [3.8, 4) is 0 Å². The molecule has 0 aromatic carbocycles. The van der Waals surface area contributed by atoms with Gasteiger partial charge in [-0.2, -0.15) is 0 Å². The van der Waals surface area contributed by atoms with Crippen molar-refractivity contribution in [1.82, 2.24) is 15.2 Å². The highest BCUT2D eigenvalue weighted by Crippen LogP contribution is 2.12. The summed E-state index contributed by atoms with van der Waals surface area (Å²) in [6, 6.07) is 4.89. The molecule has 1 N–H and O–H groups in total. The molecule has 3 heteroatoms. The van der Waals surface area contributed by atoms with Crippen molar-refractivity contribution in [3.63, 3.8) is 0 Å². The lowest BCUT2D eigenvalue weighted by atomic mass is 10.0. The predicted octanol–water partition coefficient (Wildman–Crippen LogP) is 2.61. The Labute approximate surface area is 117 Å². The first-order chi connectivity index (χ1) is 9.33. The van der Waals surface area contributed by atoms with Crippen LogP contribution in [0.25, 0.3) is 0 Å². The second-order valence-electron chi connectivity index (χ2n) is 5.46. The standard InChI is InChI=1S/C16H27N3/c1-3-10-19-11-7-15(8-12-19)18-13-16-14(4-2)6-5-9-17-16/h5-6,9,15,18H,3-4,7-8,10-13H2,1-2H3. The Hall–Kier alpha value is -0.930. The van der Waals surface area contributed by atoms with Gasteiger partial charge in [-0.15, -0.1) is 0 Å². The molecule has 1 saturated heterocycles. The first-order valence-electron chi connectivity index (χ1n) is 7.72. The summed E-state index contributed by atoms with van der Waals surface area (Å²) < 4.78 is 0. The molecule has 1 aliphatic heterocycles. The van der Waals surface area contributed by atoms with Crippen LogP contribution in [-0.2, 0) is 13.0 Å². The van der Waals surface area contributed by atoms with E-state index in [1.54, 1.807) is 0 Å². The Balaban J connectivity index is 1.77. The summed E-state index contributed by atoms with van der Waals surface area (Å²) in [5.41, 5.74) is 2.60. The van der Waals surface area contributed by atoms with Crippen LogP contribution in [0.1, 0.15) is 44.4 Å². The molecule has 0 spiro atoms. The van der Waals surface area contributed by atoms with Gasteiger partial charge in [0.25, 0.3) is 0 Å². The average molecular weight is 261 g/mol. The molecule has 1 aromatic rings. The lowest BCUT2D eigenvalue weighted by Crippen LogP contribution is -2.42. The molecule has 2 heterocycles. The number of hydrogen-bond acceptors (Lipinski definition) is 3. The largest absolute Gasteiger partial charge is 0.308 e. The summed E-state index contributed by atoms with van der Waals surface area (Å²) >= 11 is 0. The predicted molar refractivity (Wildman–Crippen MR) is 80.2 cm³/mol. The van der Waals surface area contributed by atoms with E-state index in [1.807, 2.05) is 12.3 Å². The SMILES string of the molecule is CCCN1CCC(NCc2ncccc2CC)CC1. The molecular formula is C16H27N3. The van der Waals surface area contributed by atoms with Gasteiger partial charge in [-0.25, -0.2) is 0 Å². The number of nitrogens with one attached hydrogen (secondary N) is 1. The molecule has 0 radical (unpaired) electrons. The van der Waals surface area contributed by atoms with Gasteiger partial charge in [0.1, 0.15) is 0 Å². The van der Waals surface area contributed by atoms with Crippen LogP contribution >= 0.6 is 0 Å². The number of rotatable bonds is 6. The normalized spacial score (nSPS) is 17.8. The minimum atomic E-state index is 0.666. The number of piperidine rings is 1. The lowest BCUT2D eigenvalue weighted by Gasteiger charge is -2.32. The Morgan fingerprint density at radius 2 is 2.11 bits per heavy atom. The fourth-order valence-electron chi connectivity index (χ4n) is 2.87. The number of likely N-dealkylation sites (tertiary alicyclic amines) is 1. The number of aryl methyl sites for hydroxylation is 1. The van der Waals surface area contributed by atoms with Crippen LogP contribution in [0.2, 0.25) is 0 Å². The smallest absolute Gasteiger partial charge is 0.0573 e. The van der Waals surface area contributed by atoms with Gasteiger partial charge < -0.3 is 10.2 Å². The molecule has 3 nitrogen and oxygen atoms in total. The molecule has 0 saturated carbocycles. The fraction of sp³-hybridized carbons (Fsp3) is 0.688. The summed E-state index contributed by atoms with van der Waals surface area (Å²) in [6.45, 7) is 9.12. The highest BCUT2D eigenvalue weighted by molar-refractivity contribution is 5.19. The van der Waals surface area contributed by atoms with Crippen molar-refractivity contribution in [2.24, 2.45) is 0 Å². The summed E-state index contributed by atoms with van der Waals surface area (Å²) in [6.07, 6.45) is 6.79. The molecule has 0 aliphatic carbocycles. The van der Waals surface area contributed by atoms with E-state index < -0.39 is 0 Å². The zero-order valence-electron chi connectivity index (χ0n) is 12.4. The fourth-order valence-corrected chi connectivity index (χ4v) is 2.87. The lowest BCUT2D eigenvalue weighted by molar-refractivity contribution is 0.197. The van der Waals surface area contributed by atoms with Gasteiger partial charge in [-0.05, 0) is 56.9 Å². The maximum atomic E-state index is 4.51. The first-order valence-corrected chi connectivity index (χ1v) is 7.72. The van der Waals surface area contributed by atoms with Gasteiger partial charge in [0.05, 0.1) is 5.69 Å². The van der Waals surface area contributed by atoms with Crippen LogP contribution in [0.4, 0.5) is 0 Å². The average Bonchev–Trinajstić information content (AvgIpc) is 2.47. The van der Waals surface area contributed by atoms with Gasteiger partial charge in [0.15, 0.2) is 0 Å². The molecule has 1 aromatic heterocycles. The molecule has 106 valence electrons. The minimum Gasteiger partial charge on any atom is -0.308 e. The van der Waals surface area contributed by atoms with Crippen LogP contribution in [0.3, 0.4) is 0 Å². The zero-order chi connectivity index (χ0) is 13.5. The molecule has 0 atom stereocenters. The van der Waals surface area contributed by atoms with E-state index in [1.165, 1.54) is 50.2 Å². The van der Waals surface area contributed by atoms with Gasteiger partial charge >= 0.3 is 0 Å². The van der Waals surface area contributed by atoms with Gasteiger partial charge in [0.2, 0.25) is 0 Å². The molecule has 19 heavy (non-hydrogen) atoms. The van der Waals surface area contributed by atoms with E-state index >= 15 is 0 Å². The van der Waals surface area contributed by atoms with Crippen molar-refractivity contribution < 1.29 is 0 Å². The highest BCUT2D eigenvalue weighted by atomic mass is 15.1. The maximum Gasteiger partial charge on any atom is 0.0573 e. The summed E-state index contributed by atoms with van der Waals surface area (Å²) in [7, 11) is 0. The van der Waals surface area contributed by atoms with Crippen LogP contribution < -0.4 is 5.32 Å². The van der Waals surface area contributed by atoms with Crippen LogP contribution in [-0.4, -0.2) is 35.6 Å². The summed E-state index contributed by atoms with van der Waals surface area (Å²) in [4.78, 5) is 7.09. The molecule has 0 bridgehead atoms. The zero-order valence-corrected chi connectivity index (χ0v) is 12.4. The number of aromatic nitrogens is 1. The Morgan fingerprint density at radius 1 is 1.32 bits per heavy atom. The maximum absolute atomic E-state index is 4.51. The van der Waals surface area contributed by atoms with E-state index in [9.17, 15) is 0 Å². The topological polar surface area (TPSA) is 28.2 Å². The third-order valence-electron chi connectivity index (χ3n) is 4.05. The monoisotopic (exact) mass is 261 g/mol. The third kappa shape index (κ3) is 4.29. The van der Waals surface area contributed by atoms with Crippen molar-refractivity contribution in [1.29, 1.82) is 0 Å². The van der Waals surface area contributed by atoms with Crippen LogP contribution in [0.5, 0.6) is 0 Å². The molecular weight excluding hydrogens is 234 g/mol.